The smallest absolute Gasteiger partial charge is 0.142 e. The molecule has 1 aliphatic heterocycles. The zero-order valence-corrected chi connectivity index (χ0v) is 10.8. The van der Waals surface area contributed by atoms with Gasteiger partial charge in [-0.25, -0.2) is 4.39 Å². The first-order valence-electron chi connectivity index (χ1n) is 5.89. The summed E-state index contributed by atoms with van der Waals surface area (Å²) in [4.78, 5) is 2.29. The third-order valence-corrected chi connectivity index (χ3v) is 3.98. The standard InChI is InChI=1S/C13H18ClFN2/c1-13(8-16)5-6-17(9-13)7-10-3-2-4-11(15)12(10)14/h2-4H,5-9,16H2,1H3. The van der Waals surface area contributed by atoms with Gasteiger partial charge in [0.2, 0.25) is 0 Å². The maximum Gasteiger partial charge on any atom is 0.142 e. The third-order valence-electron chi connectivity index (χ3n) is 3.56. The molecule has 0 aromatic heterocycles. The minimum atomic E-state index is -0.343. The number of hydrogen-bond donors (Lipinski definition) is 1. The second-order valence-electron chi connectivity index (χ2n) is 5.19. The van der Waals surface area contributed by atoms with Crippen molar-refractivity contribution in [2.45, 2.75) is 19.9 Å². The Balaban J connectivity index is 2.05. The zero-order chi connectivity index (χ0) is 12.5. The Kier molecular flexibility index (Phi) is 3.71. The van der Waals surface area contributed by atoms with Crippen LogP contribution in [0.2, 0.25) is 5.02 Å². The molecule has 2 N–H and O–H groups in total. The monoisotopic (exact) mass is 256 g/mol. The molecule has 1 heterocycles. The Hall–Kier alpha value is -0.640. The van der Waals surface area contributed by atoms with E-state index in [2.05, 4.69) is 11.8 Å². The second-order valence-corrected chi connectivity index (χ2v) is 5.57. The lowest BCUT2D eigenvalue weighted by Crippen LogP contribution is -2.31. The van der Waals surface area contributed by atoms with Crippen LogP contribution in [-0.4, -0.2) is 24.5 Å². The van der Waals surface area contributed by atoms with Crippen LogP contribution in [0.4, 0.5) is 4.39 Å². The van der Waals surface area contributed by atoms with Crippen LogP contribution in [0.1, 0.15) is 18.9 Å². The molecular formula is C13H18ClFN2. The fourth-order valence-electron chi connectivity index (χ4n) is 2.34. The van der Waals surface area contributed by atoms with Crippen LogP contribution in [0.5, 0.6) is 0 Å². The van der Waals surface area contributed by atoms with Crippen LogP contribution in [-0.2, 0) is 6.54 Å². The lowest BCUT2D eigenvalue weighted by Gasteiger charge is -2.22. The topological polar surface area (TPSA) is 29.3 Å². The lowest BCUT2D eigenvalue weighted by atomic mass is 9.90. The number of likely N-dealkylation sites (tertiary alicyclic amines) is 1. The van der Waals surface area contributed by atoms with Gasteiger partial charge in [-0.05, 0) is 36.6 Å². The minimum absolute atomic E-state index is 0.194. The van der Waals surface area contributed by atoms with E-state index in [1.165, 1.54) is 6.07 Å². The Bertz CT molecular complexity index is 410. The molecule has 1 unspecified atom stereocenters. The molecule has 1 aliphatic rings. The first kappa shape index (κ1) is 12.8. The number of halogens is 2. The van der Waals surface area contributed by atoms with Gasteiger partial charge in [-0.15, -0.1) is 0 Å². The maximum absolute atomic E-state index is 13.3. The summed E-state index contributed by atoms with van der Waals surface area (Å²) in [5.41, 5.74) is 6.81. The van der Waals surface area contributed by atoms with E-state index in [9.17, 15) is 4.39 Å². The number of hydrogen-bond acceptors (Lipinski definition) is 2. The predicted octanol–water partition coefficient (Wildman–Crippen LogP) is 2.65. The molecule has 0 amide bonds. The van der Waals surface area contributed by atoms with E-state index in [0.717, 1.165) is 25.1 Å². The average molecular weight is 257 g/mol. The summed E-state index contributed by atoms with van der Waals surface area (Å²) in [5, 5.41) is 0.244. The molecule has 1 atom stereocenters. The molecule has 0 spiro atoms. The SMILES string of the molecule is CC1(CN)CCN(Cc2cccc(F)c2Cl)C1. The maximum atomic E-state index is 13.3. The summed E-state index contributed by atoms with van der Waals surface area (Å²) in [6.45, 7) is 5.55. The molecule has 94 valence electrons. The molecule has 1 saturated heterocycles. The van der Waals surface area contributed by atoms with E-state index in [1.54, 1.807) is 6.07 Å². The third kappa shape index (κ3) is 2.79. The highest BCUT2D eigenvalue weighted by Gasteiger charge is 2.32. The van der Waals surface area contributed by atoms with Crippen molar-refractivity contribution in [3.63, 3.8) is 0 Å². The van der Waals surface area contributed by atoms with E-state index in [0.29, 0.717) is 13.1 Å². The van der Waals surface area contributed by atoms with Crippen LogP contribution in [0.15, 0.2) is 18.2 Å². The lowest BCUT2D eigenvalue weighted by molar-refractivity contribution is 0.274. The Morgan fingerprint density at radius 3 is 2.94 bits per heavy atom. The van der Waals surface area contributed by atoms with Crippen molar-refractivity contribution in [3.8, 4) is 0 Å². The highest BCUT2D eigenvalue weighted by molar-refractivity contribution is 6.31. The minimum Gasteiger partial charge on any atom is -0.330 e. The summed E-state index contributed by atoms with van der Waals surface area (Å²) in [7, 11) is 0. The van der Waals surface area contributed by atoms with Crippen LogP contribution < -0.4 is 5.73 Å². The predicted molar refractivity (Wildman–Crippen MR) is 68.5 cm³/mol. The summed E-state index contributed by atoms with van der Waals surface area (Å²) in [5.74, 6) is -0.343. The van der Waals surface area contributed by atoms with E-state index in [1.807, 2.05) is 6.07 Å². The molecule has 1 aromatic rings. The van der Waals surface area contributed by atoms with Crippen molar-refractivity contribution >= 4 is 11.6 Å². The van der Waals surface area contributed by atoms with Gasteiger partial charge in [0.1, 0.15) is 5.82 Å². The molecule has 0 saturated carbocycles. The zero-order valence-electron chi connectivity index (χ0n) is 10.0. The number of nitrogens with two attached hydrogens (primary N) is 1. The van der Waals surface area contributed by atoms with Crippen molar-refractivity contribution in [2.75, 3.05) is 19.6 Å². The van der Waals surface area contributed by atoms with E-state index in [-0.39, 0.29) is 16.3 Å². The summed E-state index contributed by atoms with van der Waals surface area (Å²) in [6, 6.07) is 4.97. The van der Waals surface area contributed by atoms with Crippen LogP contribution in [0.25, 0.3) is 0 Å². The molecule has 17 heavy (non-hydrogen) atoms. The van der Waals surface area contributed by atoms with Gasteiger partial charge in [-0.1, -0.05) is 30.7 Å². The fraction of sp³-hybridized carbons (Fsp3) is 0.538. The van der Waals surface area contributed by atoms with Crippen molar-refractivity contribution in [1.29, 1.82) is 0 Å². The normalized spacial score (nSPS) is 25.4. The van der Waals surface area contributed by atoms with Gasteiger partial charge in [0, 0.05) is 13.1 Å². The van der Waals surface area contributed by atoms with Crippen molar-refractivity contribution in [2.24, 2.45) is 11.1 Å². The van der Waals surface area contributed by atoms with Gasteiger partial charge in [0.05, 0.1) is 5.02 Å². The van der Waals surface area contributed by atoms with Gasteiger partial charge in [0.15, 0.2) is 0 Å². The molecule has 0 aliphatic carbocycles. The fourth-order valence-corrected chi connectivity index (χ4v) is 2.52. The van der Waals surface area contributed by atoms with Gasteiger partial charge >= 0.3 is 0 Å². The molecule has 4 heteroatoms. The number of rotatable bonds is 3. The van der Waals surface area contributed by atoms with Crippen LogP contribution in [0, 0.1) is 11.2 Å². The Labute approximate surface area is 107 Å². The van der Waals surface area contributed by atoms with Gasteiger partial charge in [-0.2, -0.15) is 0 Å². The Morgan fingerprint density at radius 2 is 2.29 bits per heavy atom. The summed E-state index contributed by atoms with van der Waals surface area (Å²) >= 11 is 5.95. The van der Waals surface area contributed by atoms with Crippen molar-refractivity contribution in [3.05, 3.63) is 34.6 Å². The molecule has 1 aromatic carbocycles. The molecule has 0 radical (unpaired) electrons. The number of nitrogens with zero attached hydrogens (tertiary/aromatic N) is 1. The average Bonchev–Trinajstić information content (AvgIpc) is 2.68. The summed E-state index contributed by atoms with van der Waals surface area (Å²) < 4.78 is 13.3. The second kappa shape index (κ2) is 4.92. The first-order chi connectivity index (χ1) is 8.04. The van der Waals surface area contributed by atoms with E-state index < -0.39 is 0 Å². The first-order valence-corrected chi connectivity index (χ1v) is 6.27. The quantitative estimate of drug-likeness (QED) is 0.901. The molecule has 2 rings (SSSR count). The van der Waals surface area contributed by atoms with Crippen molar-refractivity contribution in [1.82, 2.24) is 4.90 Å². The number of benzene rings is 1. The van der Waals surface area contributed by atoms with Crippen LogP contribution in [0.3, 0.4) is 0 Å². The van der Waals surface area contributed by atoms with Crippen LogP contribution >= 0.6 is 11.6 Å². The molecule has 2 nitrogen and oxygen atoms in total. The highest BCUT2D eigenvalue weighted by Crippen LogP contribution is 2.30. The largest absolute Gasteiger partial charge is 0.330 e. The molecular weight excluding hydrogens is 239 g/mol. The molecule has 0 bridgehead atoms. The van der Waals surface area contributed by atoms with E-state index >= 15 is 0 Å². The summed E-state index contributed by atoms with van der Waals surface area (Å²) in [6.07, 6.45) is 1.09. The Morgan fingerprint density at radius 1 is 1.53 bits per heavy atom. The highest BCUT2D eigenvalue weighted by atomic mass is 35.5. The van der Waals surface area contributed by atoms with E-state index in [4.69, 9.17) is 17.3 Å². The van der Waals surface area contributed by atoms with Crippen molar-refractivity contribution < 1.29 is 4.39 Å². The van der Waals surface area contributed by atoms with Gasteiger partial charge in [0.25, 0.3) is 0 Å². The molecule has 1 fully saturated rings. The van der Waals surface area contributed by atoms with Gasteiger partial charge in [-0.3, -0.25) is 4.90 Å². The van der Waals surface area contributed by atoms with Gasteiger partial charge < -0.3 is 5.73 Å².